The highest BCUT2D eigenvalue weighted by Gasteiger charge is 2.29. The van der Waals surface area contributed by atoms with Crippen molar-refractivity contribution >= 4 is 27.6 Å². The number of rotatable bonds is 7. The van der Waals surface area contributed by atoms with Gasteiger partial charge in [-0.1, -0.05) is 25.3 Å². The number of hydrogen-bond donors (Lipinski definition) is 1. The van der Waals surface area contributed by atoms with Crippen molar-refractivity contribution in [2.45, 2.75) is 43.0 Å². The van der Waals surface area contributed by atoms with Gasteiger partial charge in [-0.2, -0.15) is 4.31 Å². The molecule has 2 aromatic rings. The standard InChI is InChI=1S/C23H28N2O6S/c1-25(17-9-5-4-6-10-17)32(28,29)19-11-7-8-16(14-19)22(26)24-21-13-12-18(30-2)15-20(21)23(27)31-3/h7-8,11-15,17H,4-6,9-10H2,1-3H3,(H,24,26). The van der Waals surface area contributed by atoms with Crippen LogP contribution in [0, 0.1) is 0 Å². The molecule has 1 amide bonds. The van der Waals surface area contributed by atoms with Crippen LogP contribution in [0.2, 0.25) is 0 Å². The molecule has 1 saturated carbocycles. The van der Waals surface area contributed by atoms with Crippen LogP contribution in [0.3, 0.4) is 0 Å². The molecule has 172 valence electrons. The summed E-state index contributed by atoms with van der Waals surface area (Å²) in [6.07, 6.45) is 4.82. The number of hydrogen-bond acceptors (Lipinski definition) is 6. The smallest absolute Gasteiger partial charge is 0.340 e. The number of ether oxygens (including phenoxy) is 2. The second kappa shape index (κ2) is 10.1. The first-order valence-corrected chi connectivity index (χ1v) is 11.9. The van der Waals surface area contributed by atoms with E-state index in [1.165, 1.54) is 54.9 Å². The molecule has 1 fully saturated rings. The fraction of sp³-hybridized carbons (Fsp3) is 0.391. The summed E-state index contributed by atoms with van der Waals surface area (Å²) in [4.78, 5) is 25.1. The number of carbonyl (C=O) groups is 2. The van der Waals surface area contributed by atoms with Crippen molar-refractivity contribution in [3.05, 3.63) is 53.6 Å². The lowest BCUT2D eigenvalue weighted by Crippen LogP contribution is -2.38. The molecule has 1 aliphatic rings. The van der Waals surface area contributed by atoms with E-state index in [2.05, 4.69) is 5.32 Å². The minimum absolute atomic E-state index is 0.0341. The quantitative estimate of drug-likeness (QED) is 0.633. The van der Waals surface area contributed by atoms with E-state index in [1.807, 2.05) is 0 Å². The van der Waals surface area contributed by atoms with Gasteiger partial charge in [0.1, 0.15) is 5.75 Å². The molecule has 0 aromatic heterocycles. The maximum Gasteiger partial charge on any atom is 0.340 e. The van der Waals surface area contributed by atoms with E-state index in [-0.39, 0.29) is 27.8 Å². The van der Waals surface area contributed by atoms with Crippen LogP contribution in [0.15, 0.2) is 47.4 Å². The highest BCUT2D eigenvalue weighted by molar-refractivity contribution is 7.89. The average molecular weight is 461 g/mol. The zero-order valence-corrected chi connectivity index (χ0v) is 19.3. The summed E-state index contributed by atoms with van der Waals surface area (Å²) in [6, 6.07) is 10.4. The van der Waals surface area contributed by atoms with E-state index < -0.39 is 21.9 Å². The van der Waals surface area contributed by atoms with E-state index in [0.717, 1.165) is 32.1 Å². The van der Waals surface area contributed by atoms with Crippen molar-refractivity contribution in [2.75, 3.05) is 26.6 Å². The summed E-state index contributed by atoms with van der Waals surface area (Å²) in [6.45, 7) is 0. The molecule has 0 heterocycles. The predicted molar refractivity (Wildman–Crippen MR) is 121 cm³/mol. The highest BCUT2D eigenvalue weighted by Crippen LogP contribution is 2.27. The molecule has 0 aliphatic heterocycles. The second-order valence-electron chi connectivity index (χ2n) is 7.70. The Morgan fingerprint density at radius 3 is 2.41 bits per heavy atom. The van der Waals surface area contributed by atoms with Crippen LogP contribution in [0.25, 0.3) is 0 Å². The molecule has 3 rings (SSSR count). The molecule has 0 saturated heterocycles. The van der Waals surface area contributed by atoms with Gasteiger partial charge in [0.25, 0.3) is 5.91 Å². The molecule has 0 spiro atoms. The van der Waals surface area contributed by atoms with Gasteiger partial charge in [-0.25, -0.2) is 13.2 Å². The lowest BCUT2D eigenvalue weighted by molar-refractivity contribution is 0.0601. The first kappa shape index (κ1) is 23.7. The number of methoxy groups -OCH3 is 2. The number of nitrogens with zero attached hydrogens (tertiary/aromatic N) is 1. The average Bonchev–Trinajstić information content (AvgIpc) is 2.83. The molecule has 1 aliphatic carbocycles. The first-order chi connectivity index (χ1) is 15.3. The van der Waals surface area contributed by atoms with Crippen molar-refractivity contribution < 1.29 is 27.5 Å². The topological polar surface area (TPSA) is 102 Å². The number of sulfonamides is 1. The van der Waals surface area contributed by atoms with Gasteiger partial charge in [0.2, 0.25) is 10.0 Å². The zero-order valence-electron chi connectivity index (χ0n) is 18.5. The lowest BCUT2D eigenvalue weighted by Gasteiger charge is -2.30. The Hall–Kier alpha value is -2.91. The molecule has 0 atom stereocenters. The molecule has 8 nitrogen and oxygen atoms in total. The maximum absolute atomic E-state index is 13.1. The largest absolute Gasteiger partial charge is 0.497 e. The van der Waals surface area contributed by atoms with Gasteiger partial charge < -0.3 is 14.8 Å². The maximum atomic E-state index is 13.1. The van der Waals surface area contributed by atoms with Crippen molar-refractivity contribution in [1.29, 1.82) is 0 Å². The normalized spacial score (nSPS) is 14.8. The van der Waals surface area contributed by atoms with E-state index in [0.29, 0.717) is 5.75 Å². The molecule has 0 bridgehead atoms. The van der Waals surface area contributed by atoms with Gasteiger partial charge >= 0.3 is 5.97 Å². The first-order valence-electron chi connectivity index (χ1n) is 10.4. The molecular weight excluding hydrogens is 432 g/mol. The van der Waals surface area contributed by atoms with Crippen LogP contribution in [0.5, 0.6) is 5.75 Å². The summed E-state index contributed by atoms with van der Waals surface area (Å²) >= 11 is 0. The highest BCUT2D eigenvalue weighted by atomic mass is 32.2. The Balaban J connectivity index is 1.85. The van der Waals surface area contributed by atoms with E-state index in [9.17, 15) is 18.0 Å². The van der Waals surface area contributed by atoms with Crippen molar-refractivity contribution in [3.63, 3.8) is 0 Å². The van der Waals surface area contributed by atoms with Gasteiger partial charge in [0.15, 0.2) is 0 Å². The van der Waals surface area contributed by atoms with Crippen LogP contribution in [-0.2, 0) is 14.8 Å². The third-order valence-electron chi connectivity index (χ3n) is 5.74. The number of carbonyl (C=O) groups excluding carboxylic acids is 2. The zero-order chi connectivity index (χ0) is 23.3. The van der Waals surface area contributed by atoms with Crippen LogP contribution in [-0.4, -0.2) is 51.9 Å². The van der Waals surface area contributed by atoms with Crippen molar-refractivity contribution in [1.82, 2.24) is 4.31 Å². The Morgan fingerprint density at radius 2 is 1.75 bits per heavy atom. The van der Waals surface area contributed by atoms with Crippen molar-refractivity contribution in [2.24, 2.45) is 0 Å². The Bertz CT molecular complexity index is 1090. The summed E-state index contributed by atoms with van der Waals surface area (Å²) in [5.74, 6) is -0.746. The molecule has 32 heavy (non-hydrogen) atoms. The van der Waals surface area contributed by atoms with E-state index in [4.69, 9.17) is 9.47 Å². The van der Waals surface area contributed by atoms with Gasteiger partial charge in [-0.3, -0.25) is 4.79 Å². The fourth-order valence-corrected chi connectivity index (χ4v) is 5.30. The number of benzene rings is 2. The number of amides is 1. The minimum atomic E-state index is -3.74. The Kier molecular flexibility index (Phi) is 7.52. The Labute approximate surface area is 188 Å². The number of nitrogens with one attached hydrogen (secondary N) is 1. The second-order valence-corrected chi connectivity index (χ2v) is 9.70. The van der Waals surface area contributed by atoms with Gasteiger partial charge in [-0.15, -0.1) is 0 Å². The molecule has 2 aromatic carbocycles. The summed E-state index contributed by atoms with van der Waals surface area (Å²) < 4.78 is 37.6. The monoisotopic (exact) mass is 460 g/mol. The van der Waals surface area contributed by atoms with E-state index in [1.54, 1.807) is 13.1 Å². The Morgan fingerprint density at radius 1 is 1.03 bits per heavy atom. The van der Waals surface area contributed by atoms with Gasteiger partial charge in [-0.05, 0) is 49.2 Å². The summed E-state index contributed by atoms with van der Waals surface area (Å²) in [5, 5.41) is 2.66. The number of esters is 1. The van der Waals surface area contributed by atoms with E-state index >= 15 is 0 Å². The van der Waals surface area contributed by atoms with Crippen molar-refractivity contribution in [3.8, 4) is 5.75 Å². The third kappa shape index (κ3) is 5.11. The van der Waals surface area contributed by atoms with Crippen LogP contribution in [0.4, 0.5) is 5.69 Å². The SMILES string of the molecule is COC(=O)c1cc(OC)ccc1NC(=O)c1cccc(S(=O)(=O)N(C)C2CCCCC2)c1. The molecule has 9 heteroatoms. The third-order valence-corrected chi connectivity index (χ3v) is 7.65. The number of anilines is 1. The molecule has 0 radical (unpaired) electrons. The lowest BCUT2D eigenvalue weighted by atomic mass is 9.96. The van der Waals surface area contributed by atoms with Gasteiger partial charge in [0.05, 0.1) is 30.4 Å². The predicted octanol–water partition coefficient (Wildman–Crippen LogP) is 3.69. The summed E-state index contributed by atoms with van der Waals surface area (Å²) in [5.41, 5.74) is 0.519. The fourth-order valence-electron chi connectivity index (χ4n) is 3.84. The van der Waals surface area contributed by atoms with Crippen LogP contribution < -0.4 is 10.1 Å². The molecule has 1 N–H and O–H groups in total. The molecule has 0 unspecified atom stereocenters. The minimum Gasteiger partial charge on any atom is -0.497 e. The summed E-state index contributed by atoms with van der Waals surface area (Å²) in [7, 11) is 0.560. The molecular formula is C23H28N2O6S. The van der Waals surface area contributed by atoms with Crippen LogP contribution in [0.1, 0.15) is 52.8 Å². The van der Waals surface area contributed by atoms with Gasteiger partial charge in [0, 0.05) is 18.7 Å². The van der Waals surface area contributed by atoms with Crippen LogP contribution >= 0.6 is 0 Å².